The van der Waals surface area contributed by atoms with Crippen LogP contribution in [0.15, 0.2) is 50.5 Å². The molecule has 2 N–H and O–H groups in total. The molecule has 0 spiro atoms. The molecule has 3 heterocycles. The number of nitrogens with zero attached hydrogens (tertiary/aromatic N) is 3. The van der Waals surface area contributed by atoms with Crippen LogP contribution in [0.1, 0.15) is 11.3 Å². The molecule has 1 fully saturated rings. The van der Waals surface area contributed by atoms with E-state index in [1.165, 1.54) is 5.56 Å². The van der Waals surface area contributed by atoms with E-state index in [0.29, 0.717) is 25.1 Å². The number of aryl methyl sites for hydroxylation is 2. The molecule has 7 heteroatoms. The predicted molar refractivity (Wildman–Crippen MR) is 93.8 cm³/mol. The van der Waals surface area contributed by atoms with E-state index in [9.17, 15) is 0 Å². The molecule has 0 saturated carbocycles. The molecule has 4 rings (SSSR count). The smallest absolute Gasteiger partial charge is 0.253 e. The molecule has 0 atom stereocenters. The second kappa shape index (κ2) is 6.98. The van der Waals surface area contributed by atoms with Crippen molar-refractivity contribution in [3.8, 4) is 0 Å². The molecule has 1 saturated heterocycles. The summed E-state index contributed by atoms with van der Waals surface area (Å²) in [6.07, 6.45) is 3.32. The van der Waals surface area contributed by atoms with Gasteiger partial charge in [-0.2, -0.15) is 4.99 Å². The monoisotopic (exact) mass is 340 g/mol. The number of aliphatic imine (C=N–C) groups is 1. The zero-order valence-corrected chi connectivity index (χ0v) is 13.9. The lowest BCUT2D eigenvalue weighted by atomic mass is 10.1. The van der Waals surface area contributed by atoms with Crippen molar-refractivity contribution >= 4 is 22.8 Å². The summed E-state index contributed by atoms with van der Waals surface area (Å²) < 4.78 is 16.0. The van der Waals surface area contributed by atoms with Crippen molar-refractivity contribution in [3.63, 3.8) is 0 Å². The van der Waals surface area contributed by atoms with E-state index in [4.69, 9.17) is 19.4 Å². The molecule has 7 nitrogen and oxygen atoms in total. The van der Waals surface area contributed by atoms with Gasteiger partial charge in [0.25, 0.3) is 5.88 Å². The Bertz CT molecular complexity index is 877. The Morgan fingerprint density at radius 3 is 2.92 bits per heavy atom. The van der Waals surface area contributed by atoms with E-state index >= 15 is 0 Å². The average molecular weight is 340 g/mol. The highest BCUT2D eigenvalue weighted by Crippen LogP contribution is 2.19. The summed E-state index contributed by atoms with van der Waals surface area (Å²) in [5, 5.41) is 5.19. The van der Waals surface area contributed by atoms with Gasteiger partial charge in [0.05, 0.1) is 25.2 Å². The van der Waals surface area contributed by atoms with Crippen molar-refractivity contribution in [3.05, 3.63) is 47.9 Å². The van der Waals surface area contributed by atoms with Crippen molar-refractivity contribution in [2.24, 2.45) is 10.7 Å². The average Bonchev–Trinajstić information content (AvgIpc) is 3.29. The number of furan rings is 1. The van der Waals surface area contributed by atoms with Gasteiger partial charge in [0.2, 0.25) is 0 Å². The summed E-state index contributed by atoms with van der Waals surface area (Å²) in [5.41, 5.74) is 8.98. The Hall–Kier alpha value is -2.80. The Kier molecular flexibility index (Phi) is 4.39. The molecule has 1 aliphatic heterocycles. The minimum atomic E-state index is 0.431. The van der Waals surface area contributed by atoms with Crippen molar-refractivity contribution < 1.29 is 13.7 Å². The SMILES string of the molecule is NC(=Nc1cc(CCc2ccc3ccoc3c2)no1)N1CCOCC1. The van der Waals surface area contributed by atoms with Crippen LogP contribution in [0.2, 0.25) is 0 Å². The Balaban J connectivity index is 1.39. The normalized spacial score (nSPS) is 15.8. The summed E-state index contributed by atoms with van der Waals surface area (Å²) in [7, 11) is 0. The molecule has 1 aromatic carbocycles. The lowest BCUT2D eigenvalue weighted by Gasteiger charge is -2.27. The molecule has 25 heavy (non-hydrogen) atoms. The Morgan fingerprint density at radius 1 is 1.16 bits per heavy atom. The summed E-state index contributed by atoms with van der Waals surface area (Å²) in [6, 6.07) is 10.0. The number of benzene rings is 1. The molecular weight excluding hydrogens is 320 g/mol. The van der Waals surface area contributed by atoms with Crippen LogP contribution < -0.4 is 5.73 Å². The number of hydrogen-bond donors (Lipinski definition) is 1. The molecule has 2 aromatic heterocycles. The van der Waals surface area contributed by atoms with E-state index in [1.807, 2.05) is 17.0 Å². The maximum atomic E-state index is 6.02. The lowest BCUT2D eigenvalue weighted by molar-refractivity contribution is 0.0675. The predicted octanol–water partition coefficient (Wildman–Crippen LogP) is 2.48. The molecular formula is C18H20N4O3. The number of guanidine groups is 1. The van der Waals surface area contributed by atoms with Gasteiger partial charge in [-0.25, -0.2) is 0 Å². The van der Waals surface area contributed by atoms with Crippen LogP contribution in [0.25, 0.3) is 11.0 Å². The number of rotatable bonds is 4. The maximum absolute atomic E-state index is 6.02. The Labute approximate surface area is 145 Å². The molecule has 130 valence electrons. The summed E-state index contributed by atoms with van der Waals surface area (Å²) in [4.78, 5) is 6.29. The van der Waals surface area contributed by atoms with Crippen molar-refractivity contribution in [2.45, 2.75) is 12.8 Å². The second-order valence-electron chi connectivity index (χ2n) is 6.02. The van der Waals surface area contributed by atoms with E-state index in [1.54, 1.807) is 6.26 Å². The first-order chi connectivity index (χ1) is 12.3. The van der Waals surface area contributed by atoms with E-state index in [0.717, 1.165) is 42.6 Å². The first kappa shape index (κ1) is 15.7. The Morgan fingerprint density at radius 2 is 2.04 bits per heavy atom. The standard InChI is InChI=1S/C18H20N4O3/c19-18(22-6-9-23-10-7-22)20-17-12-15(21-25-17)4-2-13-1-3-14-5-8-24-16(14)11-13/h1,3,5,8,11-12H,2,4,6-7,9-10H2,(H2,19,20). The third kappa shape index (κ3) is 3.66. The molecule has 3 aromatic rings. The maximum Gasteiger partial charge on any atom is 0.253 e. The van der Waals surface area contributed by atoms with Gasteiger partial charge in [0, 0.05) is 24.5 Å². The third-order valence-electron chi connectivity index (χ3n) is 4.30. The molecule has 0 unspecified atom stereocenters. The molecule has 0 bridgehead atoms. The van der Waals surface area contributed by atoms with Gasteiger partial charge in [-0.15, -0.1) is 0 Å². The summed E-state index contributed by atoms with van der Waals surface area (Å²) >= 11 is 0. The topological polar surface area (TPSA) is 90.0 Å². The molecule has 0 aliphatic carbocycles. The van der Waals surface area contributed by atoms with E-state index in [2.05, 4.69) is 28.3 Å². The number of nitrogens with two attached hydrogens (primary N) is 1. The highest BCUT2D eigenvalue weighted by atomic mass is 16.5. The van der Waals surface area contributed by atoms with Crippen molar-refractivity contribution in [1.29, 1.82) is 0 Å². The lowest BCUT2D eigenvalue weighted by Crippen LogP contribution is -2.44. The van der Waals surface area contributed by atoms with Gasteiger partial charge in [-0.3, -0.25) is 0 Å². The fraction of sp³-hybridized carbons (Fsp3) is 0.333. The fourth-order valence-electron chi connectivity index (χ4n) is 2.87. The van der Waals surface area contributed by atoms with E-state index in [-0.39, 0.29) is 0 Å². The van der Waals surface area contributed by atoms with Gasteiger partial charge < -0.3 is 24.3 Å². The number of aromatic nitrogens is 1. The molecule has 0 amide bonds. The van der Waals surface area contributed by atoms with Crippen molar-refractivity contribution in [2.75, 3.05) is 26.3 Å². The van der Waals surface area contributed by atoms with Gasteiger partial charge in [0.1, 0.15) is 5.58 Å². The van der Waals surface area contributed by atoms with Crippen LogP contribution in [0.3, 0.4) is 0 Å². The zero-order valence-electron chi connectivity index (χ0n) is 13.9. The van der Waals surface area contributed by atoms with Crippen LogP contribution >= 0.6 is 0 Å². The highest BCUT2D eigenvalue weighted by molar-refractivity contribution is 5.80. The van der Waals surface area contributed by atoms with Crippen LogP contribution in [-0.2, 0) is 17.6 Å². The zero-order chi connectivity index (χ0) is 17.1. The summed E-state index contributed by atoms with van der Waals surface area (Å²) in [6.45, 7) is 2.81. The van der Waals surface area contributed by atoms with Gasteiger partial charge >= 0.3 is 0 Å². The number of hydrogen-bond acceptors (Lipinski definition) is 5. The minimum Gasteiger partial charge on any atom is -0.464 e. The van der Waals surface area contributed by atoms with Crippen LogP contribution in [0, 0.1) is 0 Å². The number of fused-ring (bicyclic) bond motifs is 1. The largest absolute Gasteiger partial charge is 0.464 e. The minimum absolute atomic E-state index is 0.431. The number of morpholine rings is 1. The third-order valence-corrected chi connectivity index (χ3v) is 4.30. The second-order valence-corrected chi connectivity index (χ2v) is 6.02. The molecule has 0 radical (unpaired) electrons. The fourth-order valence-corrected chi connectivity index (χ4v) is 2.87. The first-order valence-electron chi connectivity index (χ1n) is 8.36. The van der Waals surface area contributed by atoms with Crippen LogP contribution in [-0.4, -0.2) is 42.3 Å². The van der Waals surface area contributed by atoms with Crippen LogP contribution in [0.4, 0.5) is 5.88 Å². The number of ether oxygens (including phenoxy) is 1. The first-order valence-corrected chi connectivity index (χ1v) is 8.36. The highest BCUT2D eigenvalue weighted by Gasteiger charge is 2.13. The van der Waals surface area contributed by atoms with Crippen molar-refractivity contribution in [1.82, 2.24) is 10.1 Å². The van der Waals surface area contributed by atoms with Gasteiger partial charge in [0.15, 0.2) is 5.96 Å². The van der Waals surface area contributed by atoms with Gasteiger partial charge in [-0.1, -0.05) is 17.3 Å². The van der Waals surface area contributed by atoms with Crippen LogP contribution in [0.5, 0.6) is 0 Å². The quantitative estimate of drug-likeness (QED) is 0.580. The summed E-state index contributed by atoms with van der Waals surface area (Å²) in [5.74, 6) is 0.870. The van der Waals surface area contributed by atoms with E-state index < -0.39 is 0 Å². The molecule has 1 aliphatic rings. The van der Waals surface area contributed by atoms with Gasteiger partial charge in [-0.05, 0) is 30.5 Å².